The summed E-state index contributed by atoms with van der Waals surface area (Å²) in [5.41, 5.74) is 2.90. The largest absolute Gasteiger partial charge is 0.435 e. The summed E-state index contributed by atoms with van der Waals surface area (Å²) in [4.78, 5) is 0. The van der Waals surface area contributed by atoms with Crippen molar-refractivity contribution in [2.24, 2.45) is 23.7 Å². The average Bonchev–Trinajstić information content (AvgIpc) is 2.68. The molecule has 0 spiro atoms. The lowest BCUT2D eigenvalue weighted by Gasteiger charge is -2.37. The van der Waals surface area contributed by atoms with E-state index in [0.29, 0.717) is 5.92 Å². The van der Waals surface area contributed by atoms with Gasteiger partial charge in [0.1, 0.15) is 5.75 Å². The van der Waals surface area contributed by atoms with E-state index in [2.05, 4.69) is 10.8 Å². The lowest BCUT2D eigenvalue weighted by molar-refractivity contribution is -0.0498. The molecule has 0 saturated heterocycles. The van der Waals surface area contributed by atoms with Gasteiger partial charge in [-0.2, -0.15) is 8.78 Å². The maximum atomic E-state index is 12.2. The van der Waals surface area contributed by atoms with Crippen LogP contribution in [0.2, 0.25) is 0 Å². The van der Waals surface area contributed by atoms with Gasteiger partial charge in [0, 0.05) is 5.54 Å². The fourth-order valence-corrected chi connectivity index (χ4v) is 5.27. The van der Waals surface area contributed by atoms with Gasteiger partial charge in [0.15, 0.2) is 0 Å². The number of hydrogen-bond donors (Lipinski definition) is 0. The van der Waals surface area contributed by atoms with Crippen molar-refractivity contribution in [2.45, 2.75) is 70.8 Å². The molecule has 0 aromatic heterocycles. The van der Waals surface area contributed by atoms with E-state index in [1.807, 2.05) is 12.1 Å². The molecule has 0 N–H and O–H groups in total. The molecule has 0 aliphatic heterocycles. The van der Waals surface area contributed by atoms with Crippen LogP contribution in [0.4, 0.5) is 8.78 Å². The quantitative estimate of drug-likeness (QED) is 0.461. The molecular weight excluding hydrogens is 366 g/mol. The van der Waals surface area contributed by atoms with E-state index in [1.165, 1.54) is 63.4 Å². The highest BCUT2D eigenvalue weighted by atomic mass is 35.5. The zero-order valence-corrected chi connectivity index (χ0v) is 16.7. The molecule has 0 radical (unpaired) electrons. The van der Waals surface area contributed by atoms with Gasteiger partial charge in [0.05, 0.1) is 0 Å². The Kier molecular flexibility index (Phi) is 7.99. The summed E-state index contributed by atoms with van der Waals surface area (Å²) in [5, 5.41) is 0. The minimum absolute atomic E-state index is 0.241. The van der Waals surface area contributed by atoms with Crippen LogP contribution in [0.1, 0.15) is 63.4 Å². The summed E-state index contributed by atoms with van der Waals surface area (Å²) in [6.07, 6.45) is 15.2. The molecule has 0 atom stereocenters. The Labute approximate surface area is 167 Å². The van der Waals surface area contributed by atoms with Crippen LogP contribution < -0.4 is 4.74 Å². The van der Waals surface area contributed by atoms with Gasteiger partial charge in [-0.25, -0.2) is 0 Å². The second-order valence-electron chi connectivity index (χ2n) is 8.34. The Hall–Kier alpha value is -1.09. The lowest BCUT2D eigenvalue weighted by Crippen LogP contribution is -2.25. The zero-order valence-electron chi connectivity index (χ0n) is 16.0. The van der Waals surface area contributed by atoms with Crippen LogP contribution in [0.3, 0.4) is 0 Å². The SMILES string of the molecule is FC(F)Oc1ccc(CCC2CCC(C3CCC(/C=C/Cl)CC3)CC2)cc1. The number of hydrogen-bond acceptors (Lipinski definition) is 1. The topological polar surface area (TPSA) is 9.23 Å². The summed E-state index contributed by atoms with van der Waals surface area (Å²) in [5.74, 6) is 3.60. The van der Waals surface area contributed by atoms with Gasteiger partial charge in [-0.05, 0) is 92.7 Å². The highest BCUT2D eigenvalue weighted by Gasteiger charge is 2.30. The number of halogens is 3. The van der Waals surface area contributed by atoms with Crippen molar-refractivity contribution in [3.63, 3.8) is 0 Å². The second-order valence-corrected chi connectivity index (χ2v) is 8.59. The maximum Gasteiger partial charge on any atom is 0.387 e. The first kappa shape index (κ1) is 20.6. The Morgan fingerprint density at radius 3 is 2.07 bits per heavy atom. The number of benzene rings is 1. The molecule has 27 heavy (non-hydrogen) atoms. The Morgan fingerprint density at radius 1 is 0.926 bits per heavy atom. The van der Waals surface area contributed by atoms with E-state index in [9.17, 15) is 8.78 Å². The maximum absolute atomic E-state index is 12.2. The molecule has 1 aromatic rings. The summed E-state index contributed by atoms with van der Waals surface area (Å²) >= 11 is 5.72. The summed E-state index contributed by atoms with van der Waals surface area (Å²) < 4.78 is 28.8. The van der Waals surface area contributed by atoms with Gasteiger partial charge in [-0.3, -0.25) is 0 Å². The molecule has 0 heterocycles. The molecular formula is C23H31ClF2O. The van der Waals surface area contributed by atoms with Gasteiger partial charge >= 0.3 is 6.61 Å². The van der Waals surface area contributed by atoms with Crippen LogP contribution in [0.25, 0.3) is 0 Å². The molecule has 4 heteroatoms. The molecule has 3 rings (SSSR count). The Bertz CT molecular complexity index is 571. The average molecular weight is 397 g/mol. The molecule has 150 valence electrons. The van der Waals surface area contributed by atoms with E-state index < -0.39 is 6.61 Å². The molecule has 2 aliphatic carbocycles. The Morgan fingerprint density at radius 2 is 1.52 bits per heavy atom. The minimum Gasteiger partial charge on any atom is -0.435 e. The highest BCUT2D eigenvalue weighted by molar-refractivity contribution is 6.25. The smallest absolute Gasteiger partial charge is 0.387 e. The van der Waals surface area contributed by atoms with E-state index in [-0.39, 0.29) is 5.75 Å². The van der Waals surface area contributed by atoms with Crippen LogP contribution in [0.5, 0.6) is 5.75 Å². The number of ether oxygens (including phenoxy) is 1. The van der Waals surface area contributed by atoms with Crippen molar-refractivity contribution >= 4 is 11.6 Å². The van der Waals surface area contributed by atoms with E-state index in [0.717, 1.165) is 24.2 Å². The van der Waals surface area contributed by atoms with Crippen molar-refractivity contribution in [1.29, 1.82) is 0 Å². The third-order valence-corrected chi connectivity index (χ3v) is 6.85. The predicted molar refractivity (Wildman–Crippen MR) is 107 cm³/mol. The van der Waals surface area contributed by atoms with Gasteiger partial charge < -0.3 is 4.74 Å². The van der Waals surface area contributed by atoms with E-state index in [4.69, 9.17) is 11.6 Å². The molecule has 0 amide bonds. The molecule has 1 nitrogen and oxygen atoms in total. The van der Waals surface area contributed by atoms with Crippen LogP contribution in [-0.2, 0) is 6.42 Å². The zero-order chi connectivity index (χ0) is 19.1. The van der Waals surface area contributed by atoms with Gasteiger partial charge in [0.2, 0.25) is 0 Å². The van der Waals surface area contributed by atoms with Crippen molar-refractivity contribution in [3.05, 3.63) is 41.4 Å². The Balaban J connectivity index is 1.36. The molecule has 2 saturated carbocycles. The van der Waals surface area contributed by atoms with Crippen LogP contribution in [0, 0.1) is 23.7 Å². The van der Waals surface area contributed by atoms with Crippen LogP contribution in [0.15, 0.2) is 35.9 Å². The third-order valence-electron chi connectivity index (χ3n) is 6.71. The molecule has 2 fully saturated rings. The molecule has 1 aromatic carbocycles. The van der Waals surface area contributed by atoms with Crippen molar-refractivity contribution < 1.29 is 13.5 Å². The van der Waals surface area contributed by atoms with Crippen molar-refractivity contribution in [2.75, 3.05) is 0 Å². The summed E-state index contributed by atoms with van der Waals surface area (Å²) in [6, 6.07) is 7.12. The third kappa shape index (κ3) is 6.48. The van der Waals surface area contributed by atoms with Crippen molar-refractivity contribution in [3.8, 4) is 5.75 Å². The van der Waals surface area contributed by atoms with Crippen molar-refractivity contribution in [1.82, 2.24) is 0 Å². The lowest BCUT2D eigenvalue weighted by atomic mass is 9.68. The number of alkyl halides is 2. The highest BCUT2D eigenvalue weighted by Crippen LogP contribution is 2.42. The molecule has 0 bridgehead atoms. The first-order valence-corrected chi connectivity index (χ1v) is 10.9. The van der Waals surface area contributed by atoms with E-state index in [1.54, 1.807) is 17.7 Å². The number of allylic oxidation sites excluding steroid dienone is 1. The van der Waals surface area contributed by atoms with Gasteiger partial charge in [0.25, 0.3) is 0 Å². The molecule has 2 aliphatic rings. The fourth-order valence-electron chi connectivity index (χ4n) is 5.07. The first-order chi connectivity index (χ1) is 13.1. The fraction of sp³-hybridized carbons (Fsp3) is 0.652. The number of aryl methyl sites for hydroxylation is 1. The van der Waals surface area contributed by atoms with E-state index >= 15 is 0 Å². The second kappa shape index (κ2) is 10.5. The summed E-state index contributed by atoms with van der Waals surface area (Å²) in [6.45, 7) is -2.75. The van der Waals surface area contributed by atoms with Crippen LogP contribution in [-0.4, -0.2) is 6.61 Å². The standard InChI is InChI=1S/C23H31ClF2O/c24-16-15-19-5-11-21(12-6-19)20-9-3-17(4-10-20)1-2-18-7-13-22(14-8-18)27-23(25)26/h7-8,13-17,19-21,23H,1-6,9-12H2/b16-15+. The molecule has 0 unspecified atom stereocenters. The number of rotatable bonds is 7. The van der Waals surface area contributed by atoms with Crippen LogP contribution >= 0.6 is 11.6 Å². The van der Waals surface area contributed by atoms with Gasteiger partial charge in [-0.15, -0.1) is 0 Å². The minimum atomic E-state index is -2.75. The normalized spacial score (nSPS) is 29.3. The summed E-state index contributed by atoms with van der Waals surface area (Å²) in [7, 11) is 0. The first-order valence-electron chi connectivity index (χ1n) is 10.4. The predicted octanol–water partition coefficient (Wildman–Crippen LogP) is 7.59. The van der Waals surface area contributed by atoms with Gasteiger partial charge in [-0.1, -0.05) is 42.7 Å². The monoisotopic (exact) mass is 396 g/mol.